The normalized spacial score (nSPS) is 13.8. The smallest absolute Gasteiger partial charge is 0.304 e. The van der Waals surface area contributed by atoms with Crippen LogP contribution in [-0.2, 0) is 51.4 Å². The molecule has 9 N–H and O–H groups in total. The molecule has 11 heterocycles. The van der Waals surface area contributed by atoms with Gasteiger partial charge in [-0.25, -0.2) is 44.3 Å². The van der Waals surface area contributed by atoms with E-state index in [9.17, 15) is 23.7 Å². The Morgan fingerprint density at radius 2 is 0.833 bits per heavy atom. The standard InChI is InChI=1S/C22H18N8.C20H15FN4O2.C20H17FN4.C19H18N6O/c1-2-5-15-14(4-1)19-16-12-27-30-17(16)6-7-18(19)28-20(15)13-10-25-22(26-11-13)29-21-23-8-3-9-24-21;21-15-9-11(5-8-18(15)25(26)27)20-13-4-2-1-3-12(13)19-14-10-22-24-16(14)6-7-17(19)23-20;21-15-9-11(5-6-16(15)22)20-13-4-2-1-3-12(13)19-14-10-23-25-17(14)7-8-18(19)24-20;1-10-16(9-21-24-10)23-19(26)18-12-5-3-2-4-11(12)17-13-8-20-25-14(13)6-7-15(17)22-18/h3,6-12H,1-2,4-5H2,(H,27,30)(H,23,24,25,26,29);5-10H,1-4H2,(H,22,24);5-10H,1-4,22H2,(H,23,25);6-9H,2-5H2,1H3,(H,20,25)(H,21,24)(H,23,26). The molecule has 0 saturated carbocycles. The molecule has 0 spiro atoms. The van der Waals surface area contributed by atoms with E-state index in [1.165, 1.54) is 75.2 Å². The quantitative estimate of drug-likeness (QED) is 0.0398. The maximum absolute atomic E-state index is 14.2. The lowest BCUT2D eigenvalue weighted by molar-refractivity contribution is -0.387. The molecule has 11 aromatic heterocycles. The van der Waals surface area contributed by atoms with Gasteiger partial charge in [0.05, 0.1) is 114 Å². The average Bonchev–Trinajstić information content (AvgIpc) is 1.28. The first-order chi connectivity index (χ1) is 52.9. The van der Waals surface area contributed by atoms with Gasteiger partial charge in [0.2, 0.25) is 17.7 Å². The number of aromatic nitrogens is 18. The van der Waals surface area contributed by atoms with Crippen molar-refractivity contribution in [2.75, 3.05) is 16.4 Å². The number of hydrogen-bond donors (Lipinski definition) is 8. The third-order valence-electron chi connectivity index (χ3n) is 21.3. The summed E-state index contributed by atoms with van der Waals surface area (Å²) in [5.41, 5.74) is 29.7. The van der Waals surface area contributed by atoms with Crippen LogP contribution in [0.25, 0.3) is 121 Å². The van der Waals surface area contributed by atoms with Crippen LogP contribution in [0.4, 0.5) is 37.7 Å². The van der Waals surface area contributed by atoms with Crippen LogP contribution in [0.5, 0.6) is 0 Å². The molecule has 0 fully saturated rings. The van der Waals surface area contributed by atoms with Crippen LogP contribution >= 0.6 is 0 Å². The van der Waals surface area contributed by atoms with Gasteiger partial charge in [0, 0.05) is 90.6 Å². The van der Waals surface area contributed by atoms with Crippen LogP contribution in [0.2, 0.25) is 0 Å². The van der Waals surface area contributed by atoms with E-state index in [1.54, 1.807) is 36.8 Å². The van der Waals surface area contributed by atoms with Gasteiger partial charge in [0.15, 0.2) is 0 Å². The molecule has 0 saturated heterocycles. The molecular formula is C81H68F2N22O3. The number of benzene rings is 6. The fraction of sp³-hybridized carbons (Fsp3) is 0.210. The highest BCUT2D eigenvalue weighted by molar-refractivity contribution is 6.13. The number of carbonyl (C=O) groups excluding carboxylic acids is 1. The SMILES string of the molecule is Cc1[nH]ncc1NC(=O)c1nc2ccc3[nH]ncc3c2c2c1CCCC2.Nc1ccc(-c2nc3ccc4[nH]ncc4c3c3c2CCCC3)cc1F.O=[N+]([O-])c1ccc(-c2nc3ccc4[nH]ncc4c3c3c2CCCC3)cc1F.c1cnc(Nc2ncc(-c3nc4ccc5[nH]ncc5c4c4c3CCCC4)cn2)nc1. The van der Waals surface area contributed by atoms with Crippen LogP contribution in [0.1, 0.15) is 112 Å². The molecule has 25 nitrogen and oxygen atoms in total. The number of nitro benzene ring substituents is 1. The van der Waals surface area contributed by atoms with Crippen molar-refractivity contribution in [1.82, 2.24) is 90.9 Å². The zero-order chi connectivity index (χ0) is 73.1. The molecule has 0 unspecified atom stereocenters. The predicted octanol–water partition coefficient (Wildman–Crippen LogP) is 16.3. The number of nitro groups is 1. The second-order valence-electron chi connectivity index (χ2n) is 27.7. The topological polar surface area (TPSA) is 357 Å². The van der Waals surface area contributed by atoms with Gasteiger partial charge < -0.3 is 11.1 Å². The number of H-pyrrole nitrogens is 5. The van der Waals surface area contributed by atoms with Gasteiger partial charge in [0.1, 0.15) is 11.5 Å². The Morgan fingerprint density at radius 3 is 1.26 bits per heavy atom. The highest BCUT2D eigenvalue weighted by Crippen LogP contribution is 2.43. The second-order valence-corrected chi connectivity index (χ2v) is 27.7. The van der Waals surface area contributed by atoms with E-state index in [2.05, 4.69) is 87.6 Å². The van der Waals surface area contributed by atoms with Crippen molar-refractivity contribution in [3.8, 4) is 33.8 Å². The third-order valence-corrected chi connectivity index (χ3v) is 21.3. The zero-order valence-electron chi connectivity index (χ0n) is 58.5. The Balaban J connectivity index is 0.000000102. The van der Waals surface area contributed by atoms with E-state index in [0.29, 0.717) is 34.5 Å². The molecule has 108 heavy (non-hydrogen) atoms. The van der Waals surface area contributed by atoms with E-state index in [0.717, 1.165) is 206 Å². The number of nitrogens with zero attached hydrogens (tertiary/aromatic N) is 14. The summed E-state index contributed by atoms with van der Waals surface area (Å²) in [4.78, 5) is 59.9. The van der Waals surface area contributed by atoms with Gasteiger partial charge in [-0.15, -0.1) is 0 Å². The first-order valence-electron chi connectivity index (χ1n) is 36.2. The van der Waals surface area contributed by atoms with Gasteiger partial charge in [-0.2, -0.15) is 29.9 Å². The van der Waals surface area contributed by atoms with Crippen LogP contribution in [0, 0.1) is 28.7 Å². The first kappa shape index (κ1) is 66.5. The number of nitrogens with one attached hydrogen (secondary N) is 7. The molecule has 4 aliphatic rings. The zero-order valence-corrected chi connectivity index (χ0v) is 58.5. The molecule has 4 aliphatic carbocycles. The second kappa shape index (κ2) is 27.9. The number of amides is 1. The van der Waals surface area contributed by atoms with Crippen molar-refractivity contribution in [1.29, 1.82) is 0 Å². The summed E-state index contributed by atoms with van der Waals surface area (Å²) < 4.78 is 28.2. The van der Waals surface area contributed by atoms with E-state index in [-0.39, 0.29) is 11.6 Å². The van der Waals surface area contributed by atoms with E-state index >= 15 is 0 Å². The summed E-state index contributed by atoms with van der Waals surface area (Å²) in [7, 11) is 0. The fourth-order valence-electron chi connectivity index (χ4n) is 16.2. The average molecular weight is 1440 g/mol. The predicted molar refractivity (Wildman–Crippen MR) is 412 cm³/mol. The monoisotopic (exact) mass is 1430 g/mol. The van der Waals surface area contributed by atoms with E-state index in [1.807, 2.05) is 92.6 Å². The van der Waals surface area contributed by atoms with Gasteiger partial charge in [0.25, 0.3) is 5.91 Å². The van der Waals surface area contributed by atoms with E-state index in [4.69, 9.17) is 25.7 Å². The van der Waals surface area contributed by atoms with Crippen molar-refractivity contribution < 1.29 is 18.5 Å². The number of pyridine rings is 4. The molecule has 21 rings (SSSR count). The molecule has 17 aromatic rings. The largest absolute Gasteiger partial charge is 0.396 e. The van der Waals surface area contributed by atoms with Crippen molar-refractivity contribution in [3.05, 3.63) is 224 Å². The molecule has 0 bridgehead atoms. The summed E-state index contributed by atoms with van der Waals surface area (Å²) >= 11 is 0. The van der Waals surface area contributed by atoms with Gasteiger partial charge in [-0.1, -0.05) is 6.07 Å². The van der Waals surface area contributed by atoms with Gasteiger partial charge in [-0.05, 0) is 233 Å². The molecular weight excluding hydrogens is 1370 g/mol. The molecule has 27 heteroatoms. The Bertz CT molecular complexity index is 6430. The molecule has 0 aliphatic heterocycles. The fourth-order valence-corrected chi connectivity index (χ4v) is 16.2. The summed E-state index contributed by atoms with van der Waals surface area (Å²) in [6, 6.07) is 26.7. The minimum Gasteiger partial charge on any atom is -0.396 e. The Hall–Kier alpha value is -13.5. The van der Waals surface area contributed by atoms with Crippen LogP contribution < -0.4 is 16.4 Å². The lowest BCUT2D eigenvalue weighted by Crippen LogP contribution is -2.20. The number of rotatable bonds is 8. The lowest BCUT2D eigenvalue weighted by atomic mass is 9.85. The first-order valence-corrected chi connectivity index (χ1v) is 36.2. The number of carbonyl (C=O) groups is 1. The maximum Gasteiger partial charge on any atom is 0.304 e. The molecule has 0 radical (unpaired) electrons. The summed E-state index contributed by atoms with van der Waals surface area (Å²) in [6.45, 7) is 1.88. The maximum atomic E-state index is 14.2. The number of anilines is 4. The van der Waals surface area contributed by atoms with Crippen molar-refractivity contribution in [3.63, 3.8) is 0 Å². The van der Waals surface area contributed by atoms with Crippen molar-refractivity contribution in [2.45, 2.75) is 110 Å². The van der Waals surface area contributed by atoms with Crippen LogP contribution in [0.15, 0.2) is 147 Å². The molecule has 0 atom stereocenters. The summed E-state index contributed by atoms with van der Waals surface area (Å²) in [5, 5.41) is 61.6. The number of aromatic amines is 5. The summed E-state index contributed by atoms with van der Waals surface area (Å²) in [6.07, 6.45) is 32.7. The van der Waals surface area contributed by atoms with Crippen LogP contribution in [0.3, 0.4) is 0 Å². The van der Waals surface area contributed by atoms with Gasteiger partial charge in [-0.3, -0.25) is 45.7 Å². The third kappa shape index (κ3) is 12.2. The number of nitrogen functional groups attached to an aromatic ring is 1. The van der Waals surface area contributed by atoms with E-state index < -0.39 is 22.2 Å². The highest BCUT2D eigenvalue weighted by atomic mass is 19.1. The van der Waals surface area contributed by atoms with Crippen molar-refractivity contribution in [2.24, 2.45) is 0 Å². The van der Waals surface area contributed by atoms with Crippen molar-refractivity contribution >= 4 is 122 Å². The molecule has 534 valence electrons. The number of aryl methyl sites for hydroxylation is 5. The minimum atomic E-state index is -0.839. The number of nitrogens with two attached hydrogens (primary N) is 1. The molecule has 6 aromatic carbocycles. The highest BCUT2D eigenvalue weighted by Gasteiger charge is 2.29. The Labute approximate surface area is 612 Å². The lowest BCUT2D eigenvalue weighted by Gasteiger charge is -2.22. The van der Waals surface area contributed by atoms with Gasteiger partial charge >= 0.3 is 5.69 Å². The van der Waals surface area contributed by atoms with Crippen LogP contribution in [-0.4, -0.2) is 102 Å². The number of hydrogen-bond acceptors (Lipinski definition) is 18. The number of halogens is 2. The summed E-state index contributed by atoms with van der Waals surface area (Å²) in [5.74, 6) is -0.486. The number of fused-ring (bicyclic) bond motifs is 20. The Morgan fingerprint density at radius 1 is 0.444 bits per heavy atom. The Kier molecular flexibility index (Phi) is 17.2. The minimum absolute atomic E-state index is 0.165. The molecule has 1 amide bonds.